The second-order valence-electron chi connectivity index (χ2n) is 2.82. The molecular weight excluding hydrogens is 261 g/mol. The lowest BCUT2D eigenvalue weighted by Crippen LogP contribution is -2.19. The van der Waals surface area contributed by atoms with Crippen molar-refractivity contribution in [2.45, 2.75) is 6.36 Å². The van der Waals surface area contributed by atoms with Gasteiger partial charge in [0.15, 0.2) is 18.2 Å². The Morgan fingerprint density at radius 1 is 1.44 bits per heavy atom. The number of hydrogen-bond donors (Lipinski definition) is 0. The van der Waals surface area contributed by atoms with E-state index < -0.39 is 34.2 Å². The highest BCUT2D eigenvalue weighted by Gasteiger charge is 2.38. The van der Waals surface area contributed by atoms with Crippen molar-refractivity contribution in [3.05, 3.63) is 21.9 Å². The summed E-state index contributed by atoms with van der Waals surface area (Å²) in [6.07, 6.45) is -4.33. The van der Waals surface area contributed by atoms with Crippen molar-refractivity contribution in [2.75, 3.05) is 7.11 Å². The number of alkyl halides is 3. The summed E-state index contributed by atoms with van der Waals surface area (Å²) in [4.78, 5) is 23.0. The van der Waals surface area contributed by atoms with E-state index in [1.54, 1.807) is 0 Å². The van der Waals surface area contributed by atoms with Crippen molar-refractivity contribution in [1.82, 2.24) is 4.98 Å². The molecule has 0 saturated heterocycles. The highest BCUT2D eigenvalue weighted by molar-refractivity contribution is 5.81. The molecule has 0 amide bonds. The molecule has 98 valence electrons. The SMILES string of the molecule is COc1c(C=O)cnc([N+](=O)[O-])c1OC(F)(F)F. The third-order valence-electron chi connectivity index (χ3n) is 1.72. The zero-order valence-corrected chi connectivity index (χ0v) is 8.72. The van der Waals surface area contributed by atoms with Crippen LogP contribution in [0.2, 0.25) is 0 Å². The predicted molar refractivity (Wildman–Crippen MR) is 49.5 cm³/mol. The summed E-state index contributed by atoms with van der Waals surface area (Å²) in [6, 6.07) is 0. The summed E-state index contributed by atoms with van der Waals surface area (Å²) in [5.41, 5.74) is -0.401. The molecule has 1 rings (SSSR count). The molecule has 18 heavy (non-hydrogen) atoms. The zero-order valence-electron chi connectivity index (χ0n) is 8.72. The van der Waals surface area contributed by atoms with E-state index in [1.807, 2.05) is 0 Å². The molecule has 0 fully saturated rings. The van der Waals surface area contributed by atoms with Gasteiger partial charge >= 0.3 is 12.2 Å². The second-order valence-corrected chi connectivity index (χ2v) is 2.82. The van der Waals surface area contributed by atoms with Crippen LogP contribution in [0.4, 0.5) is 19.0 Å². The van der Waals surface area contributed by atoms with Crippen molar-refractivity contribution < 1.29 is 32.4 Å². The lowest BCUT2D eigenvalue weighted by atomic mass is 10.2. The van der Waals surface area contributed by atoms with Gasteiger partial charge in [-0.15, -0.1) is 13.2 Å². The lowest BCUT2D eigenvalue weighted by molar-refractivity contribution is -0.393. The quantitative estimate of drug-likeness (QED) is 0.468. The molecule has 0 radical (unpaired) electrons. The monoisotopic (exact) mass is 266 g/mol. The first-order chi connectivity index (χ1) is 8.30. The number of nitrogens with zero attached hydrogens (tertiary/aromatic N) is 2. The highest BCUT2D eigenvalue weighted by atomic mass is 19.4. The number of rotatable bonds is 4. The van der Waals surface area contributed by atoms with E-state index >= 15 is 0 Å². The maximum absolute atomic E-state index is 12.1. The molecule has 0 aliphatic heterocycles. The number of pyridine rings is 1. The Kier molecular flexibility index (Phi) is 3.69. The molecular formula is C8H5F3N2O5. The number of carbonyl (C=O) groups excluding carboxylic acids is 1. The van der Waals surface area contributed by atoms with Crippen LogP contribution in [0.5, 0.6) is 11.5 Å². The van der Waals surface area contributed by atoms with E-state index in [9.17, 15) is 28.1 Å². The second kappa shape index (κ2) is 4.85. The van der Waals surface area contributed by atoms with Crippen molar-refractivity contribution in [3.63, 3.8) is 0 Å². The number of ether oxygens (including phenoxy) is 2. The fourth-order valence-corrected chi connectivity index (χ4v) is 1.11. The Balaban J connectivity index is 3.48. The van der Waals surface area contributed by atoms with E-state index in [4.69, 9.17) is 0 Å². The maximum atomic E-state index is 12.1. The number of aldehydes is 1. The predicted octanol–water partition coefficient (Wildman–Crippen LogP) is 1.71. The summed E-state index contributed by atoms with van der Waals surface area (Å²) >= 11 is 0. The molecule has 0 aromatic carbocycles. The van der Waals surface area contributed by atoms with Crippen molar-refractivity contribution in [2.24, 2.45) is 0 Å². The van der Waals surface area contributed by atoms with Crippen LogP contribution < -0.4 is 9.47 Å². The standard InChI is InChI=1S/C8H5F3N2O5/c1-17-5-4(3-14)2-12-7(13(15)16)6(5)18-8(9,10)11/h2-3H,1H3. The molecule has 0 bridgehead atoms. The highest BCUT2D eigenvalue weighted by Crippen LogP contribution is 2.40. The fraction of sp³-hybridized carbons (Fsp3) is 0.250. The number of halogens is 3. The van der Waals surface area contributed by atoms with Crippen LogP contribution in [0, 0.1) is 10.1 Å². The van der Waals surface area contributed by atoms with Crippen LogP contribution in [-0.2, 0) is 0 Å². The smallest absolute Gasteiger partial charge is 0.492 e. The third-order valence-corrected chi connectivity index (χ3v) is 1.72. The Labute approximate surface area is 97.3 Å². The fourth-order valence-electron chi connectivity index (χ4n) is 1.11. The minimum absolute atomic E-state index is 0.138. The van der Waals surface area contributed by atoms with E-state index in [0.717, 1.165) is 7.11 Å². The molecule has 0 atom stereocenters. The molecule has 1 aromatic rings. The summed E-state index contributed by atoms with van der Waals surface area (Å²) in [6.45, 7) is 0. The van der Waals surface area contributed by atoms with Gasteiger partial charge < -0.3 is 19.6 Å². The van der Waals surface area contributed by atoms with Gasteiger partial charge in [0.25, 0.3) is 5.75 Å². The number of carbonyl (C=O) groups is 1. The third kappa shape index (κ3) is 2.84. The Bertz CT molecular complexity index is 488. The van der Waals surface area contributed by atoms with Crippen LogP contribution in [0.1, 0.15) is 10.4 Å². The summed E-state index contributed by atoms with van der Waals surface area (Å²) in [5.74, 6) is -3.17. The molecule has 1 aromatic heterocycles. The maximum Gasteiger partial charge on any atom is 0.573 e. The van der Waals surface area contributed by atoms with E-state index in [-0.39, 0.29) is 6.29 Å². The Morgan fingerprint density at radius 2 is 2.06 bits per heavy atom. The number of methoxy groups -OCH3 is 1. The summed E-state index contributed by atoms with van der Waals surface area (Å²) < 4.78 is 44.3. The van der Waals surface area contributed by atoms with Crippen molar-refractivity contribution in [3.8, 4) is 11.5 Å². The zero-order chi connectivity index (χ0) is 13.9. The van der Waals surface area contributed by atoms with Gasteiger partial charge in [-0.05, 0) is 9.91 Å². The average Bonchev–Trinajstić information content (AvgIpc) is 2.25. The molecule has 1 heterocycles. The number of aromatic nitrogens is 1. The average molecular weight is 266 g/mol. The van der Waals surface area contributed by atoms with Gasteiger partial charge in [-0.1, -0.05) is 0 Å². The van der Waals surface area contributed by atoms with E-state index in [0.29, 0.717) is 6.20 Å². The Morgan fingerprint density at radius 3 is 2.44 bits per heavy atom. The van der Waals surface area contributed by atoms with Crippen molar-refractivity contribution >= 4 is 12.1 Å². The first kappa shape index (κ1) is 13.7. The van der Waals surface area contributed by atoms with Gasteiger partial charge in [0.2, 0.25) is 0 Å². The van der Waals surface area contributed by atoms with Crippen LogP contribution in [0.15, 0.2) is 6.20 Å². The summed E-state index contributed by atoms with van der Waals surface area (Å²) in [7, 11) is 0.940. The largest absolute Gasteiger partial charge is 0.573 e. The molecule has 10 heteroatoms. The summed E-state index contributed by atoms with van der Waals surface area (Å²) in [5, 5.41) is 10.5. The van der Waals surface area contributed by atoms with Gasteiger partial charge in [-0.2, -0.15) is 0 Å². The molecule has 7 nitrogen and oxygen atoms in total. The molecule has 0 aliphatic carbocycles. The van der Waals surface area contributed by atoms with Gasteiger partial charge in [-0.3, -0.25) is 4.79 Å². The lowest BCUT2D eigenvalue weighted by Gasteiger charge is -2.12. The normalized spacial score (nSPS) is 10.9. The first-order valence-electron chi connectivity index (χ1n) is 4.22. The van der Waals surface area contributed by atoms with Gasteiger partial charge in [0.1, 0.15) is 5.56 Å². The first-order valence-corrected chi connectivity index (χ1v) is 4.22. The molecule has 0 saturated carbocycles. The van der Waals surface area contributed by atoms with E-state index in [1.165, 1.54) is 0 Å². The van der Waals surface area contributed by atoms with Crippen molar-refractivity contribution in [1.29, 1.82) is 0 Å². The molecule has 0 N–H and O–H groups in total. The van der Waals surface area contributed by atoms with Crippen LogP contribution >= 0.6 is 0 Å². The van der Waals surface area contributed by atoms with Crippen LogP contribution in [-0.4, -0.2) is 29.7 Å². The van der Waals surface area contributed by atoms with E-state index in [2.05, 4.69) is 14.5 Å². The molecule has 0 unspecified atom stereocenters. The Hall–Kier alpha value is -2.39. The number of hydrogen-bond acceptors (Lipinski definition) is 6. The number of nitro groups is 1. The minimum atomic E-state index is -5.18. The minimum Gasteiger partial charge on any atom is -0.492 e. The van der Waals surface area contributed by atoms with Gasteiger partial charge in [-0.25, -0.2) is 0 Å². The molecule has 0 spiro atoms. The van der Waals surface area contributed by atoms with Crippen LogP contribution in [0.25, 0.3) is 0 Å². The van der Waals surface area contributed by atoms with Gasteiger partial charge in [0, 0.05) is 0 Å². The van der Waals surface area contributed by atoms with Gasteiger partial charge in [0.05, 0.1) is 7.11 Å². The van der Waals surface area contributed by atoms with Crippen LogP contribution in [0.3, 0.4) is 0 Å². The molecule has 0 aliphatic rings. The topological polar surface area (TPSA) is 91.6 Å².